The molecule has 0 bridgehead atoms. The van der Waals surface area contributed by atoms with Crippen LogP contribution in [0.5, 0.6) is 0 Å². The van der Waals surface area contributed by atoms with Crippen molar-refractivity contribution in [3.05, 3.63) is 41.3 Å². The number of benzene rings is 1. The van der Waals surface area contributed by atoms with Crippen molar-refractivity contribution in [3.8, 4) is 11.3 Å². The number of hydrogen-bond donors (Lipinski definition) is 2. The summed E-state index contributed by atoms with van der Waals surface area (Å²) in [5.41, 5.74) is 4.71. The monoisotopic (exact) mass is 255 g/mol. The van der Waals surface area contributed by atoms with E-state index >= 15 is 0 Å². The van der Waals surface area contributed by atoms with Crippen LogP contribution in [0.4, 0.5) is 0 Å². The standard InChI is InChI=1S/C15H17N3O/c1-9-3-4-11(5-10(9)2)13-8-17-15(18-13)12-6-14(19)16-7-12/h3-5,8,12H,6-7H2,1-2H3,(H,16,19)(H,17,18). The van der Waals surface area contributed by atoms with Crippen molar-refractivity contribution in [1.82, 2.24) is 15.3 Å². The van der Waals surface area contributed by atoms with Crippen LogP contribution >= 0.6 is 0 Å². The van der Waals surface area contributed by atoms with Crippen LogP contribution in [-0.4, -0.2) is 22.4 Å². The van der Waals surface area contributed by atoms with Gasteiger partial charge < -0.3 is 10.3 Å². The Hall–Kier alpha value is -2.10. The molecule has 1 aliphatic heterocycles. The van der Waals surface area contributed by atoms with E-state index in [0.29, 0.717) is 13.0 Å². The number of aromatic amines is 1. The van der Waals surface area contributed by atoms with Gasteiger partial charge in [0.05, 0.1) is 11.9 Å². The molecule has 1 unspecified atom stereocenters. The molecule has 2 aromatic rings. The molecule has 98 valence electrons. The van der Waals surface area contributed by atoms with E-state index in [1.807, 2.05) is 6.20 Å². The third-order valence-electron chi connectivity index (χ3n) is 3.78. The van der Waals surface area contributed by atoms with Crippen LogP contribution < -0.4 is 5.32 Å². The van der Waals surface area contributed by atoms with Crippen molar-refractivity contribution < 1.29 is 4.79 Å². The van der Waals surface area contributed by atoms with E-state index < -0.39 is 0 Å². The first kappa shape index (κ1) is 12.0. The fraction of sp³-hybridized carbons (Fsp3) is 0.333. The van der Waals surface area contributed by atoms with E-state index in [-0.39, 0.29) is 11.8 Å². The lowest BCUT2D eigenvalue weighted by Gasteiger charge is -2.04. The molecule has 2 heterocycles. The zero-order valence-corrected chi connectivity index (χ0v) is 11.2. The number of carbonyl (C=O) groups excluding carboxylic acids is 1. The van der Waals surface area contributed by atoms with Gasteiger partial charge in [-0.05, 0) is 36.6 Å². The molecule has 1 saturated heterocycles. The highest BCUT2D eigenvalue weighted by Gasteiger charge is 2.25. The summed E-state index contributed by atoms with van der Waals surface area (Å²) in [4.78, 5) is 19.0. The lowest BCUT2D eigenvalue weighted by atomic mass is 10.0. The number of aryl methyl sites for hydroxylation is 2. The van der Waals surface area contributed by atoms with E-state index in [4.69, 9.17) is 0 Å². The van der Waals surface area contributed by atoms with E-state index in [0.717, 1.165) is 17.1 Å². The quantitative estimate of drug-likeness (QED) is 0.865. The summed E-state index contributed by atoms with van der Waals surface area (Å²) in [7, 11) is 0. The number of H-pyrrole nitrogens is 1. The summed E-state index contributed by atoms with van der Waals surface area (Å²) in [6, 6.07) is 6.37. The van der Waals surface area contributed by atoms with Crippen molar-refractivity contribution >= 4 is 5.91 Å². The zero-order chi connectivity index (χ0) is 13.4. The van der Waals surface area contributed by atoms with Crippen molar-refractivity contribution in [3.63, 3.8) is 0 Å². The van der Waals surface area contributed by atoms with Gasteiger partial charge in [-0.25, -0.2) is 4.98 Å². The first-order chi connectivity index (χ1) is 9.13. The Bertz CT molecular complexity index is 630. The molecular weight excluding hydrogens is 238 g/mol. The molecule has 0 saturated carbocycles. The van der Waals surface area contributed by atoms with Crippen LogP contribution in [0.15, 0.2) is 24.4 Å². The highest BCUT2D eigenvalue weighted by atomic mass is 16.1. The highest BCUT2D eigenvalue weighted by Crippen LogP contribution is 2.25. The van der Waals surface area contributed by atoms with E-state index in [1.165, 1.54) is 11.1 Å². The maximum atomic E-state index is 11.2. The smallest absolute Gasteiger partial charge is 0.220 e. The molecule has 4 nitrogen and oxygen atoms in total. The second-order valence-electron chi connectivity index (χ2n) is 5.19. The SMILES string of the molecule is Cc1ccc(-c2cnc(C3CNC(=O)C3)[nH]2)cc1C. The Labute approximate surface area is 112 Å². The van der Waals surface area contributed by atoms with Gasteiger partial charge in [-0.15, -0.1) is 0 Å². The molecule has 1 fully saturated rings. The minimum atomic E-state index is 0.106. The van der Waals surface area contributed by atoms with E-state index in [2.05, 4.69) is 47.3 Å². The summed E-state index contributed by atoms with van der Waals surface area (Å²) in [6.07, 6.45) is 2.38. The molecule has 0 radical (unpaired) electrons. The molecule has 4 heteroatoms. The van der Waals surface area contributed by atoms with Gasteiger partial charge in [0, 0.05) is 18.9 Å². The molecule has 1 aromatic heterocycles. The molecule has 1 amide bonds. The predicted molar refractivity (Wildman–Crippen MR) is 73.9 cm³/mol. The second-order valence-corrected chi connectivity index (χ2v) is 5.19. The van der Waals surface area contributed by atoms with Gasteiger partial charge in [-0.3, -0.25) is 4.79 Å². The lowest BCUT2D eigenvalue weighted by Crippen LogP contribution is -2.13. The molecule has 3 rings (SSSR count). The Morgan fingerprint density at radius 3 is 2.79 bits per heavy atom. The van der Waals surface area contributed by atoms with Crippen LogP contribution in [0.2, 0.25) is 0 Å². The molecule has 1 aliphatic rings. The Morgan fingerprint density at radius 2 is 2.11 bits per heavy atom. The number of nitrogens with one attached hydrogen (secondary N) is 2. The Morgan fingerprint density at radius 1 is 1.26 bits per heavy atom. The third kappa shape index (κ3) is 2.26. The molecule has 1 atom stereocenters. The fourth-order valence-corrected chi connectivity index (χ4v) is 2.40. The van der Waals surface area contributed by atoms with Gasteiger partial charge in [0.25, 0.3) is 0 Å². The number of carbonyl (C=O) groups is 1. The van der Waals surface area contributed by atoms with E-state index in [1.54, 1.807) is 0 Å². The Balaban J connectivity index is 1.88. The van der Waals surface area contributed by atoms with Crippen LogP contribution in [-0.2, 0) is 4.79 Å². The number of amides is 1. The van der Waals surface area contributed by atoms with Gasteiger partial charge in [0.1, 0.15) is 5.82 Å². The lowest BCUT2D eigenvalue weighted by molar-refractivity contribution is -0.119. The van der Waals surface area contributed by atoms with Gasteiger partial charge in [-0.2, -0.15) is 0 Å². The van der Waals surface area contributed by atoms with Crippen molar-refractivity contribution in [2.75, 3.05) is 6.54 Å². The zero-order valence-electron chi connectivity index (χ0n) is 11.2. The summed E-state index contributed by atoms with van der Waals surface area (Å²) < 4.78 is 0. The number of rotatable bonds is 2. The average Bonchev–Trinajstić information content (AvgIpc) is 3.01. The minimum Gasteiger partial charge on any atom is -0.355 e. The first-order valence-corrected chi connectivity index (χ1v) is 6.52. The first-order valence-electron chi connectivity index (χ1n) is 6.52. The second kappa shape index (κ2) is 4.53. The van der Waals surface area contributed by atoms with Crippen molar-refractivity contribution in [1.29, 1.82) is 0 Å². The fourth-order valence-electron chi connectivity index (χ4n) is 2.40. The van der Waals surface area contributed by atoms with Gasteiger partial charge >= 0.3 is 0 Å². The van der Waals surface area contributed by atoms with Crippen LogP contribution in [0.25, 0.3) is 11.3 Å². The van der Waals surface area contributed by atoms with Gasteiger partial charge in [0.2, 0.25) is 5.91 Å². The topological polar surface area (TPSA) is 57.8 Å². The molecule has 2 N–H and O–H groups in total. The predicted octanol–water partition coefficient (Wildman–Crippen LogP) is 2.30. The van der Waals surface area contributed by atoms with Crippen LogP contribution in [0.3, 0.4) is 0 Å². The van der Waals surface area contributed by atoms with Gasteiger partial charge in [0.15, 0.2) is 0 Å². The number of imidazole rings is 1. The van der Waals surface area contributed by atoms with Crippen LogP contribution in [0.1, 0.15) is 29.3 Å². The number of hydrogen-bond acceptors (Lipinski definition) is 2. The highest BCUT2D eigenvalue weighted by molar-refractivity contribution is 5.79. The molecule has 0 aliphatic carbocycles. The summed E-state index contributed by atoms with van der Waals surface area (Å²) >= 11 is 0. The van der Waals surface area contributed by atoms with Crippen LogP contribution in [0, 0.1) is 13.8 Å². The van der Waals surface area contributed by atoms with Crippen molar-refractivity contribution in [2.45, 2.75) is 26.2 Å². The molecule has 19 heavy (non-hydrogen) atoms. The average molecular weight is 255 g/mol. The Kier molecular flexibility index (Phi) is 2.85. The van der Waals surface area contributed by atoms with Gasteiger partial charge in [-0.1, -0.05) is 12.1 Å². The number of nitrogens with zero attached hydrogens (tertiary/aromatic N) is 1. The number of aromatic nitrogens is 2. The summed E-state index contributed by atoms with van der Waals surface area (Å²) in [5.74, 6) is 1.17. The van der Waals surface area contributed by atoms with E-state index in [9.17, 15) is 4.79 Å². The normalized spacial score (nSPS) is 18.6. The third-order valence-corrected chi connectivity index (χ3v) is 3.78. The largest absolute Gasteiger partial charge is 0.355 e. The molecular formula is C15H17N3O. The van der Waals surface area contributed by atoms with Crippen molar-refractivity contribution in [2.24, 2.45) is 0 Å². The maximum absolute atomic E-state index is 11.2. The maximum Gasteiger partial charge on any atom is 0.220 e. The molecule has 1 aromatic carbocycles. The molecule has 0 spiro atoms. The minimum absolute atomic E-state index is 0.106. The summed E-state index contributed by atoms with van der Waals surface area (Å²) in [6.45, 7) is 4.89. The summed E-state index contributed by atoms with van der Waals surface area (Å²) in [5, 5.41) is 2.83.